The van der Waals surface area contributed by atoms with Crippen LogP contribution < -0.4 is 10.1 Å². The van der Waals surface area contributed by atoms with Crippen molar-refractivity contribution in [2.24, 2.45) is 5.92 Å². The number of aromatic nitrogens is 2. The molecule has 2 rings (SSSR count). The van der Waals surface area contributed by atoms with Crippen molar-refractivity contribution in [2.45, 2.75) is 26.9 Å². The predicted molar refractivity (Wildman–Crippen MR) is 91.6 cm³/mol. The second kappa shape index (κ2) is 9.33. The lowest BCUT2D eigenvalue weighted by molar-refractivity contribution is 0.146. The maximum atomic E-state index is 5.56. The summed E-state index contributed by atoms with van der Waals surface area (Å²) >= 11 is 0. The molecule has 0 spiro atoms. The number of hydrogen-bond donors (Lipinski definition) is 1. The fourth-order valence-corrected chi connectivity index (χ4v) is 2.41. The fraction of sp³-hybridized carbons (Fsp3) is 0.500. The maximum absolute atomic E-state index is 5.56. The molecule has 1 heterocycles. The van der Waals surface area contributed by atoms with Gasteiger partial charge < -0.3 is 19.4 Å². The molecular formula is C18H27N3O2. The molecule has 5 nitrogen and oxygen atoms in total. The zero-order valence-corrected chi connectivity index (χ0v) is 14.3. The van der Waals surface area contributed by atoms with Crippen LogP contribution in [-0.2, 0) is 17.8 Å². The number of aryl methyl sites for hydroxylation is 1. The van der Waals surface area contributed by atoms with Gasteiger partial charge >= 0.3 is 0 Å². The van der Waals surface area contributed by atoms with E-state index in [0.29, 0.717) is 19.1 Å². The molecule has 0 bridgehead atoms. The Morgan fingerprint density at radius 3 is 2.65 bits per heavy atom. The number of hydrogen-bond acceptors (Lipinski definition) is 4. The molecule has 5 heteroatoms. The predicted octanol–water partition coefficient (Wildman–Crippen LogP) is 2.64. The molecule has 0 radical (unpaired) electrons. The first-order chi connectivity index (χ1) is 11.2. The lowest BCUT2D eigenvalue weighted by atomic mass is 10.1. The molecule has 2 aromatic rings. The van der Waals surface area contributed by atoms with Gasteiger partial charge in [0.25, 0.3) is 0 Å². The Balaban J connectivity index is 1.68. The molecule has 0 amide bonds. The van der Waals surface area contributed by atoms with Gasteiger partial charge in [-0.25, -0.2) is 4.98 Å². The normalized spacial score (nSPS) is 12.3. The van der Waals surface area contributed by atoms with E-state index in [1.165, 1.54) is 5.56 Å². The third-order valence-corrected chi connectivity index (χ3v) is 3.73. The van der Waals surface area contributed by atoms with Gasteiger partial charge in [-0.3, -0.25) is 0 Å². The van der Waals surface area contributed by atoms with Crippen LogP contribution in [0.5, 0.6) is 5.75 Å². The molecule has 126 valence electrons. The van der Waals surface area contributed by atoms with E-state index < -0.39 is 0 Å². The zero-order valence-electron chi connectivity index (χ0n) is 14.3. The van der Waals surface area contributed by atoms with Crippen LogP contribution in [0, 0.1) is 12.8 Å². The lowest BCUT2D eigenvalue weighted by Crippen LogP contribution is -2.24. The number of benzene rings is 1. The molecule has 0 fully saturated rings. The van der Waals surface area contributed by atoms with E-state index in [4.69, 9.17) is 9.47 Å². The molecule has 23 heavy (non-hydrogen) atoms. The van der Waals surface area contributed by atoms with Gasteiger partial charge in [-0.1, -0.05) is 19.1 Å². The molecule has 0 saturated heterocycles. The van der Waals surface area contributed by atoms with Crippen molar-refractivity contribution >= 4 is 0 Å². The van der Waals surface area contributed by atoms with E-state index in [1.807, 2.05) is 31.5 Å². The minimum absolute atomic E-state index is 0.555. The topological polar surface area (TPSA) is 48.3 Å². The van der Waals surface area contributed by atoms with E-state index in [-0.39, 0.29) is 0 Å². The molecule has 1 atom stereocenters. The number of nitrogens with one attached hydrogen (secondary N) is 1. The highest BCUT2D eigenvalue weighted by Crippen LogP contribution is 2.12. The van der Waals surface area contributed by atoms with Gasteiger partial charge in [0, 0.05) is 32.6 Å². The summed E-state index contributed by atoms with van der Waals surface area (Å²) in [6, 6.07) is 8.20. The summed E-state index contributed by atoms with van der Waals surface area (Å²) in [7, 11) is 1.67. The van der Waals surface area contributed by atoms with E-state index in [0.717, 1.165) is 31.2 Å². The highest BCUT2D eigenvalue weighted by molar-refractivity contribution is 5.27. The van der Waals surface area contributed by atoms with Gasteiger partial charge in [0.15, 0.2) is 0 Å². The Kier molecular flexibility index (Phi) is 7.10. The minimum Gasteiger partial charge on any atom is -0.491 e. The van der Waals surface area contributed by atoms with Gasteiger partial charge in [0.1, 0.15) is 18.2 Å². The average molecular weight is 317 g/mol. The quantitative estimate of drug-likeness (QED) is 0.684. The summed E-state index contributed by atoms with van der Waals surface area (Å²) in [5.74, 6) is 2.51. The number of ether oxygens (including phenoxy) is 2. The van der Waals surface area contributed by atoms with Gasteiger partial charge in [0.05, 0.1) is 6.61 Å². The molecule has 1 unspecified atom stereocenters. The molecule has 1 aromatic heterocycles. The van der Waals surface area contributed by atoms with Crippen LogP contribution in [-0.4, -0.2) is 36.4 Å². The van der Waals surface area contributed by atoms with Crippen LogP contribution in [0.15, 0.2) is 36.7 Å². The Morgan fingerprint density at radius 2 is 2.00 bits per heavy atom. The average Bonchev–Trinajstić information content (AvgIpc) is 2.94. The first-order valence-electron chi connectivity index (χ1n) is 8.08. The second-order valence-electron chi connectivity index (χ2n) is 5.85. The molecule has 1 aromatic carbocycles. The van der Waals surface area contributed by atoms with Crippen LogP contribution in [0.4, 0.5) is 0 Å². The zero-order chi connectivity index (χ0) is 16.5. The Morgan fingerprint density at radius 1 is 1.22 bits per heavy atom. The number of methoxy groups -OCH3 is 1. The van der Waals surface area contributed by atoms with Crippen molar-refractivity contribution in [1.29, 1.82) is 0 Å². The third-order valence-electron chi connectivity index (χ3n) is 3.73. The smallest absolute Gasteiger partial charge is 0.119 e. The van der Waals surface area contributed by atoms with Crippen molar-refractivity contribution in [1.82, 2.24) is 14.9 Å². The van der Waals surface area contributed by atoms with E-state index in [2.05, 4.69) is 33.9 Å². The third kappa shape index (κ3) is 6.04. The van der Waals surface area contributed by atoms with Crippen LogP contribution >= 0.6 is 0 Å². The highest BCUT2D eigenvalue weighted by atomic mass is 16.5. The van der Waals surface area contributed by atoms with E-state index >= 15 is 0 Å². The Hall–Kier alpha value is -1.85. The van der Waals surface area contributed by atoms with Crippen molar-refractivity contribution in [3.8, 4) is 5.75 Å². The molecule has 0 aliphatic rings. The van der Waals surface area contributed by atoms with Crippen molar-refractivity contribution in [3.05, 3.63) is 48.0 Å². The van der Waals surface area contributed by atoms with Gasteiger partial charge in [-0.05, 0) is 37.1 Å². The maximum Gasteiger partial charge on any atom is 0.119 e. The minimum atomic E-state index is 0.555. The first-order valence-corrected chi connectivity index (χ1v) is 8.08. The highest BCUT2D eigenvalue weighted by Gasteiger charge is 2.05. The Bertz CT molecular complexity index is 566. The summed E-state index contributed by atoms with van der Waals surface area (Å²) in [5.41, 5.74) is 1.26. The molecule has 0 aliphatic heterocycles. The largest absolute Gasteiger partial charge is 0.491 e. The fourth-order valence-electron chi connectivity index (χ4n) is 2.41. The first kappa shape index (κ1) is 17.5. The van der Waals surface area contributed by atoms with Gasteiger partial charge in [-0.2, -0.15) is 0 Å². The van der Waals surface area contributed by atoms with Gasteiger partial charge in [0.2, 0.25) is 0 Å². The summed E-state index contributed by atoms with van der Waals surface area (Å²) in [4.78, 5) is 4.26. The van der Waals surface area contributed by atoms with E-state index in [1.54, 1.807) is 7.11 Å². The van der Waals surface area contributed by atoms with Crippen molar-refractivity contribution in [3.63, 3.8) is 0 Å². The number of rotatable bonds is 10. The summed E-state index contributed by atoms with van der Waals surface area (Å²) in [6.45, 7) is 8.31. The second-order valence-corrected chi connectivity index (χ2v) is 5.85. The van der Waals surface area contributed by atoms with Crippen LogP contribution in [0.25, 0.3) is 0 Å². The van der Waals surface area contributed by atoms with Crippen molar-refractivity contribution < 1.29 is 9.47 Å². The summed E-state index contributed by atoms with van der Waals surface area (Å²) < 4.78 is 12.7. The molecule has 0 saturated carbocycles. The van der Waals surface area contributed by atoms with Crippen molar-refractivity contribution in [2.75, 3.05) is 26.9 Å². The standard InChI is InChI=1S/C18H27N3O2/c1-15(14-21-9-8-20-16(21)2)12-19-13-17-4-6-18(7-5-17)23-11-10-22-3/h4-9,15,19H,10-14H2,1-3H3. The van der Waals surface area contributed by atoms with Crippen LogP contribution in [0.2, 0.25) is 0 Å². The monoisotopic (exact) mass is 317 g/mol. The summed E-state index contributed by atoms with van der Waals surface area (Å²) in [6.07, 6.45) is 3.89. The van der Waals surface area contributed by atoms with Gasteiger partial charge in [-0.15, -0.1) is 0 Å². The van der Waals surface area contributed by atoms with E-state index in [9.17, 15) is 0 Å². The lowest BCUT2D eigenvalue weighted by Gasteiger charge is -2.14. The summed E-state index contributed by atoms with van der Waals surface area (Å²) in [5, 5.41) is 3.51. The number of nitrogens with zero attached hydrogens (tertiary/aromatic N) is 2. The number of imidazole rings is 1. The molecular weight excluding hydrogens is 290 g/mol. The molecule has 0 aliphatic carbocycles. The van der Waals surface area contributed by atoms with Crippen LogP contribution in [0.1, 0.15) is 18.3 Å². The molecule has 1 N–H and O–H groups in total. The Labute approximate surface area is 138 Å². The SMILES string of the molecule is COCCOc1ccc(CNCC(C)Cn2ccnc2C)cc1. The van der Waals surface area contributed by atoms with Crippen LogP contribution in [0.3, 0.4) is 0 Å².